The van der Waals surface area contributed by atoms with Crippen molar-refractivity contribution in [1.82, 2.24) is 5.32 Å². The minimum Gasteiger partial charge on any atom is -0.371 e. The molecule has 17 heavy (non-hydrogen) atoms. The smallest absolute Gasteiger partial charge is 0.0949 e. The third-order valence-electron chi connectivity index (χ3n) is 4.08. The van der Waals surface area contributed by atoms with Gasteiger partial charge in [0.2, 0.25) is 0 Å². The number of ether oxygens (including phenoxy) is 1. The van der Waals surface area contributed by atoms with Crippen LogP contribution in [0.25, 0.3) is 0 Å². The summed E-state index contributed by atoms with van der Waals surface area (Å²) in [6.07, 6.45) is 4.18. The van der Waals surface area contributed by atoms with Crippen LogP contribution in [0.4, 0.5) is 0 Å². The highest BCUT2D eigenvalue weighted by Crippen LogP contribution is 2.33. The molecule has 2 atom stereocenters. The first-order chi connectivity index (χ1) is 8.34. The molecule has 0 saturated carbocycles. The Morgan fingerprint density at radius 3 is 3.12 bits per heavy atom. The zero-order valence-electron chi connectivity index (χ0n) is 10.5. The molecule has 1 fully saturated rings. The van der Waals surface area contributed by atoms with Crippen LogP contribution in [0.3, 0.4) is 0 Å². The fraction of sp³-hybridized carbons (Fsp3) is 0.600. The van der Waals surface area contributed by atoms with E-state index >= 15 is 0 Å². The fourth-order valence-corrected chi connectivity index (χ4v) is 3.03. The molecule has 1 aromatic rings. The van der Waals surface area contributed by atoms with Gasteiger partial charge in [-0.1, -0.05) is 25.1 Å². The maximum atomic E-state index is 5.83. The summed E-state index contributed by atoms with van der Waals surface area (Å²) in [5.41, 5.74) is 4.46. The van der Waals surface area contributed by atoms with Gasteiger partial charge in [0, 0.05) is 13.1 Å². The highest BCUT2D eigenvalue weighted by atomic mass is 16.5. The Kier molecular flexibility index (Phi) is 3.17. The molecule has 0 radical (unpaired) electrons. The SMILES string of the molecule is CC1CCCc2ccc(C3CNCCO3)cc21. The topological polar surface area (TPSA) is 21.3 Å². The average molecular weight is 231 g/mol. The van der Waals surface area contributed by atoms with Crippen molar-refractivity contribution in [2.45, 2.75) is 38.2 Å². The van der Waals surface area contributed by atoms with Crippen LogP contribution in [-0.4, -0.2) is 19.7 Å². The summed E-state index contributed by atoms with van der Waals surface area (Å²) in [4.78, 5) is 0. The van der Waals surface area contributed by atoms with Gasteiger partial charge in [0.05, 0.1) is 12.7 Å². The monoisotopic (exact) mass is 231 g/mol. The highest BCUT2D eigenvalue weighted by Gasteiger charge is 2.20. The lowest BCUT2D eigenvalue weighted by molar-refractivity contribution is 0.0276. The van der Waals surface area contributed by atoms with Gasteiger partial charge in [-0.2, -0.15) is 0 Å². The van der Waals surface area contributed by atoms with E-state index in [4.69, 9.17) is 4.74 Å². The van der Waals surface area contributed by atoms with E-state index in [2.05, 4.69) is 30.4 Å². The average Bonchev–Trinajstić information content (AvgIpc) is 2.40. The molecule has 0 bridgehead atoms. The lowest BCUT2D eigenvalue weighted by Crippen LogP contribution is -2.33. The molecule has 92 valence electrons. The van der Waals surface area contributed by atoms with E-state index in [1.165, 1.54) is 24.8 Å². The summed E-state index contributed by atoms with van der Waals surface area (Å²) in [5, 5.41) is 3.40. The van der Waals surface area contributed by atoms with Crippen LogP contribution in [-0.2, 0) is 11.2 Å². The third-order valence-corrected chi connectivity index (χ3v) is 4.08. The summed E-state index contributed by atoms with van der Waals surface area (Å²) in [6, 6.07) is 6.96. The molecule has 2 aliphatic rings. The molecule has 2 heteroatoms. The Bertz CT molecular complexity index is 396. The van der Waals surface area contributed by atoms with Crippen LogP contribution >= 0.6 is 0 Å². The Morgan fingerprint density at radius 2 is 2.29 bits per heavy atom. The van der Waals surface area contributed by atoms with Crippen LogP contribution in [0.2, 0.25) is 0 Å². The molecule has 1 aliphatic heterocycles. The standard InChI is InChI=1S/C15H21NO/c1-11-3-2-4-12-5-6-13(9-14(11)12)15-10-16-7-8-17-15/h5-6,9,11,15-16H,2-4,7-8,10H2,1H3. The number of benzene rings is 1. The highest BCUT2D eigenvalue weighted by molar-refractivity contribution is 5.37. The Balaban J connectivity index is 1.88. The second kappa shape index (κ2) is 4.79. The van der Waals surface area contributed by atoms with Crippen LogP contribution in [0.15, 0.2) is 18.2 Å². The molecule has 1 N–H and O–H groups in total. The maximum Gasteiger partial charge on any atom is 0.0949 e. The fourth-order valence-electron chi connectivity index (χ4n) is 3.03. The molecule has 1 aliphatic carbocycles. The van der Waals surface area contributed by atoms with Gasteiger partial charge >= 0.3 is 0 Å². The normalized spacial score (nSPS) is 28.8. The van der Waals surface area contributed by atoms with Crippen molar-refractivity contribution >= 4 is 0 Å². The number of hydrogen-bond acceptors (Lipinski definition) is 2. The zero-order chi connectivity index (χ0) is 11.7. The minimum absolute atomic E-state index is 0.253. The first-order valence-electron chi connectivity index (χ1n) is 6.79. The van der Waals surface area contributed by atoms with Crippen molar-refractivity contribution in [3.63, 3.8) is 0 Å². The molecule has 0 aromatic heterocycles. The van der Waals surface area contributed by atoms with Crippen molar-refractivity contribution in [3.8, 4) is 0 Å². The molecular weight excluding hydrogens is 210 g/mol. The van der Waals surface area contributed by atoms with Crippen molar-refractivity contribution < 1.29 is 4.74 Å². The van der Waals surface area contributed by atoms with Crippen molar-refractivity contribution in [2.24, 2.45) is 0 Å². The van der Waals surface area contributed by atoms with E-state index in [1.54, 1.807) is 11.1 Å². The lowest BCUT2D eigenvalue weighted by Gasteiger charge is -2.27. The van der Waals surface area contributed by atoms with Gasteiger partial charge in [0.15, 0.2) is 0 Å². The zero-order valence-corrected chi connectivity index (χ0v) is 10.5. The van der Waals surface area contributed by atoms with Gasteiger partial charge in [-0.25, -0.2) is 0 Å². The number of rotatable bonds is 1. The van der Waals surface area contributed by atoms with Gasteiger partial charge in [-0.15, -0.1) is 0 Å². The van der Waals surface area contributed by atoms with Crippen LogP contribution in [0.5, 0.6) is 0 Å². The van der Waals surface area contributed by atoms with Gasteiger partial charge < -0.3 is 10.1 Å². The maximum absolute atomic E-state index is 5.83. The Morgan fingerprint density at radius 1 is 1.35 bits per heavy atom. The van der Waals surface area contributed by atoms with E-state index in [1.807, 2.05) is 0 Å². The first-order valence-corrected chi connectivity index (χ1v) is 6.79. The molecule has 1 heterocycles. The van der Waals surface area contributed by atoms with Crippen molar-refractivity contribution in [3.05, 3.63) is 34.9 Å². The lowest BCUT2D eigenvalue weighted by atomic mass is 9.82. The van der Waals surface area contributed by atoms with Gasteiger partial charge in [-0.05, 0) is 41.9 Å². The second-order valence-electron chi connectivity index (χ2n) is 5.32. The molecule has 2 unspecified atom stereocenters. The van der Waals surface area contributed by atoms with E-state index in [0.717, 1.165) is 25.6 Å². The Labute approximate surface area is 103 Å². The summed E-state index contributed by atoms with van der Waals surface area (Å²) in [6.45, 7) is 5.12. The van der Waals surface area contributed by atoms with E-state index in [0.29, 0.717) is 0 Å². The number of nitrogens with one attached hydrogen (secondary N) is 1. The summed E-state index contributed by atoms with van der Waals surface area (Å²) < 4.78 is 5.83. The summed E-state index contributed by atoms with van der Waals surface area (Å²) in [7, 11) is 0. The summed E-state index contributed by atoms with van der Waals surface area (Å²) >= 11 is 0. The predicted molar refractivity (Wildman–Crippen MR) is 69.4 cm³/mol. The van der Waals surface area contributed by atoms with Crippen molar-refractivity contribution in [2.75, 3.05) is 19.7 Å². The third kappa shape index (κ3) is 2.24. The summed E-state index contributed by atoms with van der Waals surface area (Å²) in [5.74, 6) is 0.718. The minimum atomic E-state index is 0.253. The molecule has 1 aromatic carbocycles. The van der Waals surface area contributed by atoms with Gasteiger partial charge in [0.25, 0.3) is 0 Å². The number of morpholine rings is 1. The van der Waals surface area contributed by atoms with Crippen LogP contribution in [0, 0.1) is 0 Å². The van der Waals surface area contributed by atoms with Gasteiger partial charge in [-0.3, -0.25) is 0 Å². The second-order valence-corrected chi connectivity index (χ2v) is 5.32. The largest absolute Gasteiger partial charge is 0.371 e. The van der Waals surface area contributed by atoms with E-state index < -0.39 is 0 Å². The number of fused-ring (bicyclic) bond motifs is 1. The molecular formula is C15H21NO. The Hall–Kier alpha value is -0.860. The first kappa shape index (κ1) is 11.2. The number of aryl methyl sites for hydroxylation is 1. The van der Waals surface area contributed by atoms with E-state index in [-0.39, 0.29) is 6.10 Å². The molecule has 3 rings (SSSR count). The molecule has 0 amide bonds. The quantitative estimate of drug-likeness (QED) is 0.802. The van der Waals surface area contributed by atoms with Crippen molar-refractivity contribution in [1.29, 1.82) is 0 Å². The molecule has 2 nitrogen and oxygen atoms in total. The molecule has 0 spiro atoms. The van der Waals surface area contributed by atoms with Crippen LogP contribution in [0.1, 0.15) is 48.5 Å². The van der Waals surface area contributed by atoms with Crippen LogP contribution < -0.4 is 5.32 Å². The van der Waals surface area contributed by atoms with Gasteiger partial charge in [0.1, 0.15) is 0 Å². The predicted octanol–water partition coefficient (Wildman–Crippen LogP) is 2.79. The number of hydrogen-bond donors (Lipinski definition) is 1. The van der Waals surface area contributed by atoms with E-state index in [9.17, 15) is 0 Å². The molecule has 1 saturated heterocycles.